The van der Waals surface area contributed by atoms with Crippen LogP contribution in [0.1, 0.15) is 37.4 Å². The molecule has 9 nitrogen and oxygen atoms in total. The molecule has 178 valence electrons. The van der Waals surface area contributed by atoms with Crippen LogP contribution in [0.2, 0.25) is 0 Å². The van der Waals surface area contributed by atoms with E-state index in [1.54, 1.807) is 36.4 Å². The van der Waals surface area contributed by atoms with Crippen molar-refractivity contribution in [3.05, 3.63) is 94.5 Å². The predicted octanol–water partition coefficient (Wildman–Crippen LogP) is 4.24. The van der Waals surface area contributed by atoms with Crippen molar-refractivity contribution in [3.8, 4) is 0 Å². The number of anilines is 2. The molecule has 2 amide bonds. The highest BCUT2D eigenvalue weighted by atomic mass is 16.2. The molecule has 0 aromatic heterocycles. The lowest BCUT2D eigenvalue weighted by Crippen LogP contribution is -2.26. The summed E-state index contributed by atoms with van der Waals surface area (Å²) >= 11 is 0. The van der Waals surface area contributed by atoms with Crippen LogP contribution in [0, 0.1) is 5.53 Å². The van der Waals surface area contributed by atoms with Crippen LogP contribution >= 0.6 is 0 Å². The van der Waals surface area contributed by atoms with E-state index in [9.17, 15) is 9.59 Å². The fourth-order valence-electron chi connectivity index (χ4n) is 3.94. The third-order valence-electron chi connectivity index (χ3n) is 5.80. The van der Waals surface area contributed by atoms with Crippen LogP contribution < -0.4 is 16.0 Å². The third-order valence-corrected chi connectivity index (χ3v) is 5.80. The molecule has 0 aliphatic carbocycles. The average Bonchev–Trinajstić information content (AvgIpc) is 2.88. The van der Waals surface area contributed by atoms with Crippen LogP contribution in [0.3, 0.4) is 0 Å². The lowest BCUT2D eigenvalue weighted by atomic mass is 9.99. The molecule has 0 fully saturated rings. The Morgan fingerprint density at radius 1 is 0.971 bits per heavy atom. The Kier molecular flexibility index (Phi) is 7.59. The minimum atomic E-state index is -0.222. The summed E-state index contributed by atoms with van der Waals surface area (Å²) in [6.07, 6.45) is 2.31. The number of carbonyl (C=O) groups is 2. The van der Waals surface area contributed by atoms with Gasteiger partial charge in [0.05, 0.1) is 0 Å². The van der Waals surface area contributed by atoms with Crippen molar-refractivity contribution < 1.29 is 9.59 Å². The first-order valence-corrected chi connectivity index (χ1v) is 11.3. The minimum Gasteiger partial charge on any atom is -0.348 e. The lowest BCUT2D eigenvalue weighted by Gasteiger charge is -2.25. The van der Waals surface area contributed by atoms with E-state index in [2.05, 4.69) is 44.3 Å². The van der Waals surface area contributed by atoms with Gasteiger partial charge in [-0.1, -0.05) is 23.4 Å². The third kappa shape index (κ3) is 6.36. The topological polar surface area (TPSA) is 122 Å². The normalized spacial score (nSPS) is 13.2. The van der Waals surface area contributed by atoms with Crippen molar-refractivity contribution in [3.63, 3.8) is 0 Å². The number of hydrogen-bond acceptors (Lipinski definition) is 5. The summed E-state index contributed by atoms with van der Waals surface area (Å²) in [5.41, 5.74) is 12.5. The highest BCUT2D eigenvalue weighted by Crippen LogP contribution is 2.22. The molecule has 4 N–H and O–H groups in total. The van der Waals surface area contributed by atoms with Crippen molar-refractivity contribution in [1.29, 1.82) is 5.53 Å². The van der Waals surface area contributed by atoms with Gasteiger partial charge in [-0.2, -0.15) is 5.53 Å². The summed E-state index contributed by atoms with van der Waals surface area (Å²) in [4.78, 5) is 27.6. The number of hydrogen-bond donors (Lipinski definition) is 4. The first-order chi connectivity index (χ1) is 17.0. The maximum absolute atomic E-state index is 12.8. The van der Waals surface area contributed by atoms with Gasteiger partial charge in [0.25, 0.3) is 11.8 Å². The fraction of sp³-hybridized carbons (Fsp3) is 0.192. The zero-order valence-corrected chi connectivity index (χ0v) is 19.4. The molecule has 3 aromatic carbocycles. The number of likely N-dealkylation sites (N-methyl/N-ethyl adjacent to an activating group) is 1. The SMILES string of the molecule is CN1CCc2ccc(NC(=O)c3cccc(CNC(=O)c4ccc(N/C=N\N=N)cc4)c3)cc2C1. The molecule has 4 rings (SSSR count). The van der Waals surface area contributed by atoms with Gasteiger partial charge in [0.1, 0.15) is 6.34 Å². The molecular formula is C26H27N7O2. The highest BCUT2D eigenvalue weighted by Gasteiger charge is 2.15. The van der Waals surface area contributed by atoms with Gasteiger partial charge in [-0.05, 0) is 78.7 Å². The Labute approximate surface area is 203 Å². The van der Waals surface area contributed by atoms with Gasteiger partial charge in [0, 0.05) is 42.1 Å². The minimum absolute atomic E-state index is 0.188. The smallest absolute Gasteiger partial charge is 0.255 e. The predicted molar refractivity (Wildman–Crippen MR) is 136 cm³/mol. The van der Waals surface area contributed by atoms with Crippen molar-refractivity contribution in [1.82, 2.24) is 10.2 Å². The van der Waals surface area contributed by atoms with E-state index in [0.29, 0.717) is 17.7 Å². The van der Waals surface area contributed by atoms with Gasteiger partial charge >= 0.3 is 0 Å². The Morgan fingerprint density at radius 2 is 1.77 bits per heavy atom. The Hall–Kier alpha value is -4.37. The summed E-state index contributed by atoms with van der Waals surface area (Å²) < 4.78 is 0. The number of carbonyl (C=O) groups excluding carboxylic acids is 2. The van der Waals surface area contributed by atoms with Crippen LogP contribution in [-0.4, -0.2) is 36.6 Å². The Morgan fingerprint density at radius 3 is 2.57 bits per heavy atom. The second-order valence-electron chi connectivity index (χ2n) is 8.37. The van der Waals surface area contributed by atoms with E-state index in [4.69, 9.17) is 5.53 Å². The molecule has 3 aromatic rings. The number of nitrogens with one attached hydrogen (secondary N) is 4. The van der Waals surface area contributed by atoms with Crippen molar-refractivity contribution >= 4 is 29.5 Å². The molecule has 0 atom stereocenters. The highest BCUT2D eigenvalue weighted by molar-refractivity contribution is 6.04. The summed E-state index contributed by atoms with van der Waals surface area (Å²) in [6, 6.07) is 20.1. The molecule has 1 aliphatic rings. The van der Waals surface area contributed by atoms with Gasteiger partial charge in [0.2, 0.25) is 0 Å². The molecule has 9 heteroatoms. The Balaban J connectivity index is 1.34. The maximum atomic E-state index is 12.8. The van der Waals surface area contributed by atoms with Crippen LogP contribution in [0.25, 0.3) is 0 Å². The summed E-state index contributed by atoms with van der Waals surface area (Å²) in [5, 5.41) is 15.0. The molecule has 0 bridgehead atoms. The second-order valence-corrected chi connectivity index (χ2v) is 8.37. The van der Waals surface area contributed by atoms with Gasteiger partial charge in [-0.25, -0.2) is 0 Å². The van der Waals surface area contributed by atoms with Crippen molar-refractivity contribution in [2.75, 3.05) is 24.2 Å². The molecule has 0 spiro atoms. The van der Waals surface area contributed by atoms with E-state index >= 15 is 0 Å². The molecular weight excluding hydrogens is 442 g/mol. The zero-order chi connectivity index (χ0) is 24.6. The number of fused-ring (bicyclic) bond motifs is 1. The van der Waals surface area contributed by atoms with Gasteiger partial charge in [0.15, 0.2) is 0 Å². The zero-order valence-electron chi connectivity index (χ0n) is 19.4. The largest absolute Gasteiger partial charge is 0.348 e. The monoisotopic (exact) mass is 469 g/mol. The standard InChI is InChI=1S/C26H27N7O2/c1-33-12-11-19-5-10-24(14-22(19)16-33)31-26(35)21-4-2-3-18(13-21)15-28-25(34)20-6-8-23(9-7-20)29-17-30-32-27/h2-10,13-14,17H,11-12,15-16H2,1H3,(H,28,34)(H,31,35)(H2,27,29,30). The fourth-order valence-corrected chi connectivity index (χ4v) is 3.94. The van der Waals surface area contributed by atoms with Crippen LogP contribution in [0.15, 0.2) is 77.1 Å². The Bertz CT molecular complexity index is 1250. The number of amides is 2. The summed E-state index contributed by atoms with van der Waals surface area (Å²) in [7, 11) is 2.10. The molecule has 0 saturated carbocycles. The van der Waals surface area contributed by atoms with E-state index in [1.165, 1.54) is 17.5 Å². The van der Waals surface area contributed by atoms with Crippen LogP contribution in [0.4, 0.5) is 11.4 Å². The van der Waals surface area contributed by atoms with Crippen LogP contribution in [0.5, 0.6) is 0 Å². The second kappa shape index (κ2) is 11.2. The molecule has 1 aliphatic heterocycles. The lowest BCUT2D eigenvalue weighted by molar-refractivity contribution is 0.0950. The van der Waals surface area contributed by atoms with Crippen molar-refractivity contribution in [2.24, 2.45) is 10.3 Å². The summed E-state index contributed by atoms with van der Waals surface area (Å²) in [5.74, 6) is -0.410. The van der Waals surface area contributed by atoms with Gasteiger partial charge in [-0.3, -0.25) is 9.59 Å². The average molecular weight is 470 g/mol. The molecule has 35 heavy (non-hydrogen) atoms. The van der Waals surface area contributed by atoms with Gasteiger partial charge < -0.3 is 20.9 Å². The van der Waals surface area contributed by atoms with E-state index < -0.39 is 0 Å². The number of nitrogens with zero attached hydrogens (tertiary/aromatic N) is 3. The molecule has 0 unspecified atom stereocenters. The quantitative estimate of drug-likeness (QED) is 0.171. The summed E-state index contributed by atoms with van der Waals surface area (Å²) in [6.45, 7) is 2.22. The van der Waals surface area contributed by atoms with E-state index in [0.717, 1.165) is 36.4 Å². The van der Waals surface area contributed by atoms with E-state index in [1.807, 2.05) is 24.3 Å². The molecule has 0 saturated heterocycles. The number of rotatable bonds is 8. The van der Waals surface area contributed by atoms with Crippen molar-refractivity contribution in [2.45, 2.75) is 19.5 Å². The first kappa shape index (κ1) is 23.8. The van der Waals surface area contributed by atoms with E-state index in [-0.39, 0.29) is 11.8 Å². The van der Waals surface area contributed by atoms with Gasteiger partial charge in [-0.15, -0.1) is 5.10 Å². The molecule has 0 radical (unpaired) electrons. The molecule has 1 heterocycles. The van der Waals surface area contributed by atoms with Crippen LogP contribution in [-0.2, 0) is 19.5 Å². The first-order valence-electron chi connectivity index (χ1n) is 11.3. The number of benzene rings is 3. The maximum Gasteiger partial charge on any atom is 0.255 e.